The smallest absolute Gasteiger partial charge is 0.407 e. The van der Waals surface area contributed by atoms with Gasteiger partial charge in [0.25, 0.3) is 0 Å². The Hall–Kier alpha value is -5.84. The van der Waals surface area contributed by atoms with Crippen LogP contribution in [0.1, 0.15) is 85.2 Å². The van der Waals surface area contributed by atoms with Gasteiger partial charge in [0.1, 0.15) is 17.9 Å². The van der Waals surface area contributed by atoms with Gasteiger partial charge < -0.3 is 39.8 Å². The summed E-state index contributed by atoms with van der Waals surface area (Å²) in [4.78, 5) is 59.3. The highest BCUT2D eigenvalue weighted by Gasteiger charge is 2.31. The van der Waals surface area contributed by atoms with Crippen LogP contribution in [0.5, 0.6) is 0 Å². The second-order valence-corrected chi connectivity index (χ2v) is 15.1. The first-order valence-corrected chi connectivity index (χ1v) is 20.0. The van der Waals surface area contributed by atoms with Crippen LogP contribution in [-0.2, 0) is 32.7 Å². The molecule has 14 nitrogen and oxygen atoms in total. The van der Waals surface area contributed by atoms with E-state index in [1.807, 2.05) is 116 Å². The molecule has 0 aliphatic carbocycles. The molecular weight excluding hydrogens is 737 g/mol. The molecule has 0 radical (unpaired) electrons. The van der Waals surface area contributed by atoms with Gasteiger partial charge >= 0.3 is 12.2 Å². The zero-order chi connectivity index (χ0) is 43.1. The molecule has 1 unspecified atom stereocenters. The van der Waals surface area contributed by atoms with Crippen molar-refractivity contribution in [1.82, 2.24) is 35.3 Å². The molecule has 1 heterocycles. The van der Waals surface area contributed by atoms with E-state index in [-0.39, 0.29) is 36.2 Å². The molecule has 1 aromatic heterocycles. The Labute approximate surface area is 344 Å². The summed E-state index contributed by atoms with van der Waals surface area (Å²) in [5.41, 5.74) is 5.65. The Morgan fingerprint density at radius 3 is 1.83 bits per heavy atom. The lowest BCUT2D eigenvalue weighted by atomic mass is 9.96. The lowest BCUT2D eigenvalue weighted by Crippen LogP contribution is -2.53. The van der Waals surface area contributed by atoms with Crippen molar-refractivity contribution in [2.75, 3.05) is 33.9 Å². The molecular formula is C44H62N8O6. The van der Waals surface area contributed by atoms with E-state index < -0.39 is 24.3 Å². The van der Waals surface area contributed by atoms with Crippen LogP contribution < -0.4 is 16.0 Å². The number of hydrogen-bond acceptors (Lipinski definition) is 9. The molecule has 3 N–H and O–H groups in total. The summed E-state index contributed by atoms with van der Waals surface area (Å²) in [6.07, 6.45) is 3.91. The molecule has 0 bridgehead atoms. The molecule has 314 valence electrons. The van der Waals surface area contributed by atoms with Crippen LogP contribution >= 0.6 is 0 Å². The van der Waals surface area contributed by atoms with Gasteiger partial charge in [0, 0.05) is 44.0 Å². The van der Waals surface area contributed by atoms with Crippen molar-refractivity contribution in [3.05, 3.63) is 71.7 Å². The second-order valence-electron chi connectivity index (χ2n) is 15.1. The maximum absolute atomic E-state index is 13.6. The first-order valence-electron chi connectivity index (χ1n) is 20.0. The Morgan fingerprint density at radius 2 is 1.33 bits per heavy atom. The number of carbonyl (C=O) groups excluding carboxylic acids is 4. The van der Waals surface area contributed by atoms with Gasteiger partial charge in [0.05, 0.1) is 44.3 Å². The van der Waals surface area contributed by atoms with Gasteiger partial charge in [-0.25, -0.2) is 14.6 Å². The highest BCUT2D eigenvalue weighted by Crippen LogP contribution is 2.29. The van der Waals surface area contributed by atoms with Crippen molar-refractivity contribution in [3.8, 4) is 28.5 Å². The normalized spacial score (nSPS) is 12.9. The van der Waals surface area contributed by atoms with E-state index in [0.29, 0.717) is 31.0 Å². The van der Waals surface area contributed by atoms with E-state index in [1.165, 1.54) is 14.2 Å². The molecule has 0 aliphatic heterocycles. The number of ether oxygens (including phenoxy) is 2. The number of benzene rings is 2. The zero-order valence-electron chi connectivity index (χ0n) is 36.0. The summed E-state index contributed by atoms with van der Waals surface area (Å²) < 4.78 is 11.5. The van der Waals surface area contributed by atoms with E-state index >= 15 is 0 Å². The molecule has 3 aromatic rings. The summed E-state index contributed by atoms with van der Waals surface area (Å²) in [5.74, 6) is 0.0672. The predicted molar refractivity (Wildman–Crippen MR) is 226 cm³/mol. The third kappa shape index (κ3) is 12.1. The van der Waals surface area contributed by atoms with Crippen molar-refractivity contribution < 1.29 is 28.7 Å². The molecule has 0 saturated heterocycles. The Kier molecular flexibility index (Phi) is 17.8. The van der Waals surface area contributed by atoms with Gasteiger partial charge in [-0.15, -0.1) is 0 Å². The average molecular weight is 799 g/mol. The average Bonchev–Trinajstić information content (AvgIpc) is 3.58. The van der Waals surface area contributed by atoms with E-state index in [4.69, 9.17) is 9.47 Å². The van der Waals surface area contributed by atoms with Crippen LogP contribution in [0.3, 0.4) is 0 Å². The quantitative estimate of drug-likeness (QED) is 0.119. The molecule has 0 aliphatic rings. The zero-order valence-corrected chi connectivity index (χ0v) is 36.0. The topological polar surface area (TPSA) is 171 Å². The molecule has 0 saturated carbocycles. The number of allylic oxidation sites excluding steroid dienone is 1. The molecule has 2 aromatic carbocycles. The maximum Gasteiger partial charge on any atom is 0.407 e. The number of nitrogens with one attached hydrogen (secondary N) is 3. The van der Waals surface area contributed by atoms with Gasteiger partial charge in [-0.1, -0.05) is 84.0 Å². The molecule has 0 spiro atoms. The van der Waals surface area contributed by atoms with Crippen molar-refractivity contribution in [3.63, 3.8) is 0 Å². The van der Waals surface area contributed by atoms with Crippen LogP contribution in [0, 0.1) is 23.2 Å². The minimum Gasteiger partial charge on any atom is -0.453 e. The Bertz CT molecular complexity index is 1930. The summed E-state index contributed by atoms with van der Waals surface area (Å²) in [7, 11) is 4.47. The van der Waals surface area contributed by atoms with Crippen LogP contribution in [0.4, 0.5) is 9.59 Å². The first kappa shape index (κ1) is 46.5. The van der Waals surface area contributed by atoms with Crippen molar-refractivity contribution in [2.45, 2.75) is 92.9 Å². The maximum atomic E-state index is 13.6. The molecule has 58 heavy (non-hydrogen) atoms. The number of nitriles is 1. The number of alkyl carbamates (subject to hydrolysis) is 2. The van der Waals surface area contributed by atoms with Crippen molar-refractivity contribution in [1.29, 1.82) is 5.26 Å². The number of nitrogens with zero attached hydrogens (tertiary/aromatic N) is 5. The summed E-state index contributed by atoms with van der Waals surface area (Å²) in [5, 5.41) is 19.1. The number of carbonyl (C=O) groups is 4. The largest absolute Gasteiger partial charge is 0.453 e. The summed E-state index contributed by atoms with van der Waals surface area (Å²) >= 11 is 0. The van der Waals surface area contributed by atoms with Crippen LogP contribution in [0.25, 0.3) is 28.1 Å². The molecule has 14 heteroatoms. The van der Waals surface area contributed by atoms with E-state index in [2.05, 4.69) is 27.0 Å². The SMILES string of the molecule is C/C=C(\NC(C)CN(CCC)C(=O)[C@@H](NC(=O)OC)C(C)C)c1ccc(-c2ccc(-c3cnc(CN(CCC)C(=O)[C@@H](NC(=O)OC)C(C)C)n3C)cc2)cc1C#N. The van der Waals surface area contributed by atoms with Crippen molar-refractivity contribution >= 4 is 29.7 Å². The number of hydrogen-bond donors (Lipinski definition) is 3. The monoisotopic (exact) mass is 798 g/mol. The van der Waals surface area contributed by atoms with E-state index in [9.17, 15) is 24.4 Å². The fraction of sp³-hybridized carbons (Fsp3) is 0.500. The molecule has 0 fully saturated rings. The lowest BCUT2D eigenvalue weighted by Gasteiger charge is -2.32. The van der Waals surface area contributed by atoms with Gasteiger partial charge in [-0.3, -0.25) is 9.59 Å². The Balaban J connectivity index is 1.79. The highest BCUT2D eigenvalue weighted by molar-refractivity contribution is 5.87. The number of aromatic nitrogens is 2. The van der Waals surface area contributed by atoms with Gasteiger partial charge in [0.2, 0.25) is 11.8 Å². The van der Waals surface area contributed by atoms with Crippen LogP contribution in [0.2, 0.25) is 0 Å². The number of amides is 4. The molecule has 3 atom stereocenters. The van der Waals surface area contributed by atoms with Crippen LogP contribution in [-0.4, -0.2) is 95.3 Å². The highest BCUT2D eigenvalue weighted by atomic mass is 16.5. The van der Waals surface area contributed by atoms with E-state index in [1.54, 1.807) is 16.0 Å². The number of imidazole rings is 1. The summed E-state index contributed by atoms with van der Waals surface area (Å²) in [6, 6.07) is 14.6. The van der Waals surface area contributed by atoms with Gasteiger partial charge in [-0.05, 0) is 61.3 Å². The fourth-order valence-electron chi connectivity index (χ4n) is 6.77. The lowest BCUT2D eigenvalue weighted by molar-refractivity contribution is -0.135. The molecule has 3 rings (SSSR count). The first-order chi connectivity index (χ1) is 27.6. The Morgan fingerprint density at radius 1 is 0.810 bits per heavy atom. The number of methoxy groups -OCH3 is 2. The van der Waals surface area contributed by atoms with Crippen LogP contribution in [0.15, 0.2) is 54.7 Å². The summed E-state index contributed by atoms with van der Waals surface area (Å²) in [6.45, 7) is 17.1. The third-order valence-electron chi connectivity index (χ3n) is 9.94. The number of rotatable bonds is 19. The van der Waals surface area contributed by atoms with Gasteiger partial charge in [-0.2, -0.15) is 5.26 Å². The standard InChI is InChI=1S/C44H62N8O6/c1-12-21-51(41(53)39(28(4)5)48-43(55)57-10)26-30(8)47-36(14-3)35-20-19-33(23-34(35)24-45)31-15-17-32(18-16-31)37-25-46-38(50(37)9)27-52(22-13-2)42(54)40(29(6)7)49-44(56)58-11/h14-20,23,25,28-30,39-40,47H,12-13,21-22,26-27H2,1-11H3,(H,48,55)(H,49,56)/b36-14-/t30?,39-,40-/m0/s1. The third-order valence-corrected chi connectivity index (χ3v) is 9.94. The second kappa shape index (κ2) is 22.2. The minimum absolute atomic E-state index is 0.135. The molecule has 4 amide bonds. The van der Waals surface area contributed by atoms with Gasteiger partial charge in [0.15, 0.2) is 0 Å². The van der Waals surface area contributed by atoms with Crippen molar-refractivity contribution in [2.24, 2.45) is 18.9 Å². The fourth-order valence-corrected chi connectivity index (χ4v) is 6.77. The van der Waals surface area contributed by atoms with E-state index in [0.717, 1.165) is 46.5 Å². The predicted octanol–water partition coefficient (Wildman–Crippen LogP) is 6.70. The minimum atomic E-state index is -0.730.